The molecule has 0 aliphatic rings. The summed E-state index contributed by atoms with van der Waals surface area (Å²) >= 11 is 1.43. The van der Waals surface area contributed by atoms with E-state index in [1.165, 1.54) is 22.0 Å². The van der Waals surface area contributed by atoms with Gasteiger partial charge in [-0.05, 0) is 13.0 Å². The fourth-order valence-electron chi connectivity index (χ4n) is 1.46. The molecule has 0 aliphatic carbocycles. The van der Waals surface area contributed by atoms with E-state index < -0.39 is 0 Å². The average molecular weight is 263 g/mol. The zero-order valence-corrected chi connectivity index (χ0v) is 10.7. The van der Waals surface area contributed by atoms with Crippen molar-refractivity contribution in [1.29, 1.82) is 0 Å². The zero-order chi connectivity index (χ0) is 13.0. The number of nitrogens with zero attached hydrogens (tertiary/aromatic N) is 2. The summed E-state index contributed by atoms with van der Waals surface area (Å²) in [5.74, 6) is -0.139. The molecule has 2 rings (SSSR count). The van der Waals surface area contributed by atoms with Crippen molar-refractivity contribution in [2.24, 2.45) is 0 Å². The van der Waals surface area contributed by atoms with Crippen LogP contribution < -0.4 is 10.9 Å². The van der Waals surface area contributed by atoms with E-state index in [1.54, 1.807) is 24.5 Å². The molecule has 0 fully saturated rings. The van der Waals surface area contributed by atoms with Crippen molar-refractivity contribution >= 4 is 22.4 Å². The Morgan fingerprint density at radius 2 is 2.33 bits per heavy atom. The van der Waals surface area contributed by atoms with Crippen LogP contribution in [0.3, 0.4) is 0 Å². The molecule has 0 saturated carbocycles. The number of anilines is 1. The van der Waals surface area contributed by atoms with Gasteiger partial charge in [0.2, 0.25) is 5.91 Å². The number of carbonyl (C=O) groups excluding carboxylic acids is 1. The number of carbonyl (C=O) groups is 1. The molecule has 0 aromatic carbocycles. The van der Waals surface area contributed by atoms with Gasteiger partial charge in [-0.15, -0.1) is 11.3 Å². The summed E-state index contributed by atoms with van der Waals surface area (Å²) < 4.78 is 1.51. The molecule has 6 heteroatoms. The molecule has 0 bridgehead atoms. The van der Waals surface area contributed by atoms with Crippen LogP contribution in [0.2, 0.25) is 0 Å². The fraction of sp³-hybridized carbons (Fsp3) is 0.250. The highest BCUT2D eigenvalue weighted by Crippen LogP contribution is 2.16. The first-order chi connectivity index (χ1) is 8.65. The minimum atomic E-state index is -0.139. The molecule has 94 valence electrons. The summed E-state index contributed by atoms with van der Waals surface area (Å²) in [6.07, 6.45) is 3.63. The number of aryl methyl sites for hydroxylation is 2. The largest absolute Gasteiger partial charge is 0.315 e. The van der Waals surface area contributed by atoms with Crippen LogP contribution in [0.25, 0.3) is 0 Å². The Hall–Kier alpha value is -1.95. The maximum Gasteiger partial charge on any atom is 0.250 e. The zero-order valence-electron chi connectivity index (χ0n) is 9.92. The molecule has 2 heterocycles. The Morgan fingerprint density at radius 1 is 1.50 bits per heavy atom. The molecule has 0 spiro atoms. The minimum Gasteiger partial charge on any atom is -0.315 e. The lowest BCUT2D eigenvalue weighted by atomic mass is 10.4. The quantitative estimate of drug-likeness (QED) is 0.912. The van der Waals surface area contributed by atoms with Gasteiger partial charge in [-0.2, -0.15) is 0 Å². The second-order valence-corrected chi connectivity index (χ2v) is 5.04. The topological polar surface area (TPSA) is 64.0 Å². The number of thiazole rings is 1. The van der Waals surface area contributed by atoms with Crippen LogP contribution in [0.4, 0.5) is 5.13 Å². The summed E-state index contributed by atoms with van der Waals surface area (Å²) in [4.78, 5) is 28.2. The van der Waals surface area contributed by atoms with Crippen molar-refractivity contribution in [3.8, 4) is 0 Å². The highest BCUT2D eigenvalue weighted by atomic mass is 32.1. The predicted octanol–water partition coefficient (Wildman–Crippen LogP) is 1.64. The Kier molecular flexibility index (Phi) is 3.88. The van der Waals surface area contributed by atoms with E-state index in [2.05, 4.69) is 10.3 Å². The maximum atomic E-state index is 11.6. The fourth-order valence-corrected chi connectivity index (χ4v) is 2.14. The van der Waals surface area contributed by atoms with Gasteiger partial charge in [-0.3, -0.25) is 9.59 Å². The Morgan fingerprint density at radius 3 is 3.00 bits per heavy atom. The molecule has 0 unspecified atom stereocenters. The highest BCUT2D eigenvalue weighted by Gasteiger charge is 2.05. The molecule has 1 amide bonds. The third kappa shape index (κ3) is 3.27. The number of aromatic nitrogens is 2. The van der Waals surface area contributed by atoms with Crippen LogP contribution in [0.15, 0.2) is 35.4 Å². The number of nitrogens with one attached hydrogen (secondary N) is 1. The van der Waals surface area contributed by atoms with Crippen molar-refractivity contribution in [2.45, 2.75) is 19.9 Å². The van der Waals surface area contributed by atoms with Gasteiger partial charge in [0, 0.05) is 36.3 Å². The standard InChI is InChI=1S/C12H13N3O2S/c1-9-8-13-12(18-9)14-10(16)5-7-15-6-3-2-4-11(15)17/h2-4,6,8H,5,7H2,1H3,(H,13,14,16). The first kappa shape index (κ1) is 12.5. The van der Waals surface area contributed by atoms with Crippen LogP contribution in [0.1, 0.15) is 11.3 Å². The van der Waals surface area contributed by atoms with E-state index in [0.717, 1.165) is 4.88 Å². The van der Waals surface area contributed by atoms with E-state index in [-0.39, 0.29) is 17.9 Å². The molecule has 0 saturated heterocycles. The lowest BCUT2D eigenvalue weighted by molar-refractivity contribution is -0.116. The molecule has 0 aliphatic heterocycles. The smallest absolute Gasteiger partial charge is 0.250 e. The SMILES string of the molecule is Cc1cnc(NC(=O)CCn2ccccc2=O)s1. The number of hydrogen-bond acceptors (Lipinski definition) is 4. The van der Waals surface area contributed by atoms with E-state index in [9.17, 15) is 9.59 Å². The Bertz CT molecular complexity index is 603. The van der Waals surface area contributed by atoms with Gasteiger partial charge in [0.15, 0.2) is 5.13 Å². The van der Waals surface area contributed by atoms with Crippen molar-refractivity contribution in [1.82, 2.24) is 9.55 Å². The van der Waals surface area contributed by atoms with E-state index in [4.69, 9.17) is 0 Å². The Balaban J connectivity index is 1.89. The van der Waals surface area contributed by atoms with Gasteiger partial charge in [-0.1, -0.05) is 6.07 Å². The van der Waals surface area contributed by atoms with E-state index >= 15 is 0 Å². The maximum absolute atomic E-state index is 11.6. The van der Waals surface area contributed by atoms with Crippen LogP contribution in [-0.4, -0.2) is 15.5 Å². The summed E-state index contributed by atoms with van der Waals surface area (Å²) in [7, 11) is 0. The summed E-state index contributed by atoms with van der Waals surface area (Å²) in [6.45, 7) is 2.30. The van der Waals surface area contributed by atoms with Crippen molar-refractivity contribution < 1.29 is 4.79 Å². The van der Waals surface area contributed by atoms with Crippen molar-refractivity contribution in [3.63, 3.8) is 0 Å². The van der Waals surface area contributed by atoms with Crippen LogP contribution in [0, 0.1) is 6.92 Å². The van der Waals surface area contributed by atoms with Crippen LogP contribution >= 0.6 is 11.3 Å². The molecule has 18 heavy (non-hydrogen) atoms. The van der Waals surface area contributed by atoms with Crippen LogP contribution in [0.5, 0.6) is 0 Å². The Labute approximate surface area is 108 Å². The number of amides is 1. The molecule has 1 N–H and O–H groups in total. The second kappa shape index (κ2) is 5.59. The molecular weight excluding hydrogens is 250 g/mol. The first-order valence-electron chi connectivity index (χ1n) is 5.53. The van der Waals surface area contributed by atoms with Crippen molar-refractivity contribution in [2.75, 3.05) is 5.32 Å². The van der Waals surface area contributed by atoms with Crippen molar-refractivity contribution in [3.05, 3.63) is 45.8 Å². The molecule has 0 radical (unpaired) electrons. The highest BCUT2D eigenvalue weighted by molar-refractivity contribution is 7.15. The van der Waals surface area contributed by atoms with Gasteiger partial charge in [-0.25, -0.2) is 4.98 Å². The molecule has 2 aromatic heterocycles. The molecule has 2 aromatic rings. The van der Waals surface area contributed by atoms with Gasteiger partial charge < -0.3 is 9.88 Å². The normalized spacial score (nSPS) is 10.3. The van der Waals surface area contributed by atoms with Gasteiger partial charge >= 0.3 is 0 Å². The summed E-state index contributed by atoms with van der Waals surface area (Å²) in [5.41, 5.74) is -0.101. The summed E-state index contributed by atoms with van der Waals surface area (Å²) in [6, 6.07) is 4.92. The number of pyridine rings is 1. The third-order valence-corrected chi connectivity index (χ3v) is 3.17. The number of rotatable bonds is 4. The number of hydrogen-bond donors (Lipinski definition) is 1. The minimum absolute atomic E-state index is 0.101. The van der Waals surface area contributed by atoms with Gasteiger partial charge in [0.05, 0.1) is 0 Å². The lowest BCUT2D eigenvalue weighted by Gasteiger charge is -2.04. The predicted molar refractivity (Wildman–Crippen MR) is 70.8 cm³/mol. The molecule has 5 nitrogen and oxygen atoms in total. The average Bonchev–Trinajstić information content (AvgIpc) is 2.74. The third-order valence-electron chi connectivity index (χ3n) is 2.35. The summed E-state index contributed by atoms with van der Waals surface area (Å²) in [5, 5.41) is 3.30. The molecular formula is C12H13N3O2S. The van der Waals surface area contributed by atoms with Gasteiger partial charge in [0.1, 0.15) is 0 Å². The lowest BCUT2D eigenvalue weighted by Crippen LogP contribution is -2.21. The van der Waals surface area contributed by atoms with E-state index in [1.807, 2.05) is 6.92 Å². The van der Waals surface area contributed by atoms with Crippen LogP contribution in [-0.2, 0) is 11.3 Å². The van der Waals surface area contributed by atoms with E-state index in [0.29, 0.717) is 11.7 Å². The molecule has 0 atom stereocenters. The monoisotopic (exact) mass is 263 g/mol. The first-order valence-corrected chi connectivity index (χ1v) is 6.34. The van der Waals surface area contributed by atoms with Gasteiger partial charge in [0.25, 0.3) is 5.56 Å². The second-order valence-electron chi connectivity index (χ2n) is 3.81.